The van der Waals surface area contributed by atoms with Gasteiger partial charge in [-0.1, -0.05) is 12.1 Å². The molecule has 24 heavy (non-hydrogen) atoms. The fourth-order valence-electron chi connectivity index (χ4n) is 3.33. The van der Waals surface area contributed by atoms with Crippen LogP contribution in [0.25, 0.3) is 5.78 Å². The maximum absolute atomic E-state index is 13.4. The number of imidazole rings is 1. The third kappa shape index (κ3) is 2.75. The van der Waals surface area contributed by atoms with Gasteiger partial charge in [0.1, 0.15) is 11.5 Å². The largest absolute Gasteiger partial charge is 0.334 e. The maximum Gasteiger partial charge on any atom is 0.274 e. The van der Waals surface area contributed by atoms with E-state index < -0.39 is 0 Å². The highest BCUT2D eigenvalue weighted by Crippen LogP contribution is 2.23. The summed E-state index contributed by atoms with van der Waals surface area (Å²) in [6.07, 6.45) is 7.72. The average Bonchev–Trinajstić information content (AvgIpc) is 3.20. The molecule has 5 nitrogen and oxygen atoms in total. The zero-order valence-corrected chi connectivity index (χ0v) is 13.1. The van der Waals surface area contributed by atoms with Crippen molar-refractivity contribution in [1.82, 2.24) is 19.3 Å². The van der Waals surface area contributed by atoms with Gasteiger partial charge in [0.25, 0.3) is 5.91 Å². The van der Waals surface area contributed by atoms with Gasteiger partial charge in [0, 0.05) is 31.2 Å². The summed E-state index contributed by atoms with van der Waals surface area (Å²) in [6, 6.07) is 8.46. The predicted octanol–water partition coefficient (Wildman–Crippen LogP) is 2.72. The molecule has 0 N–H and O–H groups in total. The summed E-state index contributed by atoms with van der Waals surface area (Å²) < 4.78 is 15.1. The Labute approximate surface area is 138 Å². The lowest BCUT2D eigenvalue weighted by atomic mass is 10.0. The molecule has 1 atom stereocenters. The Morgan fingerprint density at radius 3 is 3.08 bits per heavy atom. The van der Waals surface area contributed by atoms with Crippen molar-refractivity contribution in [3.05, 3.63) is 66.0 Å². The van der Waals surface area contributed by atoms with Crippen LogP contribution in [-0.2, 0) is 6.42 Å². The second kappa shape index (κ2) is 6.03. The molecule has 0 aliphatic carbocycles. The topological polar surface area (TPSA) is 50.5 Å². The first-order chi connectivity index (χ1) is 11.7. The van der Waals surface area contributed by atoms with E-state index in [9.17, 15) is 9.18 Å². The first-order valence-electron chi connectivity index (χ1n) is 8.06. The quantitative estimate of drug-likeness (QED) is 0.744. The van der Waals surface area contributed by atoms with E-state index in [2.05, 4.69) is 9.97 Å². The second-order valence-corrected chi connectivity index (χ2v) is 6.08. The molecule has 6 heteroatoms. The van der Waals surface area contributed by atoms with E-state index >= 15 is 0 Å². The van der Waals surface area contributed by atoms with Crippen molar-refractivity contribution in [2.45, 2.75) is 25.3 Å². The Morgan fingerprint density at radius 2 is 2.25 bits per heavy atom. The van der Waals surface area contributed by atoms with Crippen molar-refractivity contribution in [2.24, 2.45) is 0 Å². The van der Waals surface area contributed by atoms with E-state index in [-0.39, 0.29) is 17.8 Å². The van der Waals surface area contributed by atoms with Gasteiger partial charge in [-0.3, -0.25) is 9.20 Å². The smallest absolute Gasteiger partial charge is 0.274 e. The Hall–Kier alpha value is -2.76. The number of likely N-dealkylation sites (tertiary alicyclic amines) is 1. The van der Waals surface area contributed by atoms with Gasteiger partial charge in [-0.05, 0) is 43.0 Å². The highest BCUT2D eigenvalue weighted by Gasteiger charge is 2.30. The summed E-state index contributed by atoms with van der Waals surface area (Å²) in [5.74, 6) is 0.191. The van der Waals surface area contributed by atoms with Crippen LogP contribution in [0.5, 0.6) is 0 Å². The standard InChI is InChI=1S/C18H17FN4O/c19-14-5-1-4-13(10-14)11-15-6-2-9-23(15)17(24)16-12-22-8-3-7-20-18(22)21-16/h1,3-5,7-8,10,12,15H,2,6,9,11H2/t15-/m0/s1. The zero-order valence-electron chi connectivity index (χ0n) is 13.1. The molecule has 1 aliphatic heterocycles. The Kier molecular flexibility index (Phi) is 3.72. The molecule has 1 saturated heterocycles. The number of hydrogen-bond donors (Lipinski definition) is 0. The molecule has 3 aromatic rings. The van der Waals surface area contributed by atoms with Crippen molar-refractivity contribution in [1.29, 1.82) is 0 Å². The SMILES string of the molecule is O=C(c1cn2cccnc2n1)N1CCC[C@H]1Cc1cccc(F)c1. The Morgan fingerprint density at radius 1 is 1.33 bits per heavy atom. The van der Waals surface area contributed by atoms with E-state index in [4.69, 9.17) is 0 Å². The summed E-state index contributed by atoms with van der Waals surface area (Å²) in [4.78, 5) is 23.1. The highest BCUT2D eigenvalue weighted by molar-refractivity contribution is 5.93. The summed E-state index contributed by atoms with van der Waals surface area (Å²) in [7, 11) is 0. The molecular weight excluding hydrogens is 307 g/mol. The fraction of sp³-hybridized carbons (Fsp3) is 0.278. The number of rotatable bonds is 3. The van der Waals surface area contributed by atoms with Crippen molar-refractivity contribution >= 4 is 11.7 Å². The minimum Gasteiger partial charge on any atom is -0.334 e. The molecule has 1 amide bonds. The summed E-state index contributed by atoms with van der Waals surface area (Å²) in [5, 5.41) is 0. The van der Waals surface area contributed by atoms with E-state index in [1.54, 1.807) is 28.9 Å². The van der Waals surface area contributed by atoms with Gasteiger partial charge < -0.3 is 4.90 Å². The monoisotopic (exact) mass is 324 g/mol. The van der Waals surface area contributed by atoms with E-state index in [0.29, 0.717) is 24.4 Å². The molecule has 122 valence electrons. The molecule has 2 aromatic heterocycles. The number of aromatic nitrogens is 3. The van der Waals surface area contributed by atoms with Gasteiger partial charge in [0.15, 0.2) is 0 Å². The van der Waals surface area contributed by atoms with Crippen LogP contribution < -0.4 is 0 Å². The van der Waals surface area contributed by atoms with Crippen molar-refractivity contribution in [3.63, 3.8) is 0 Å². The number of nitrogens with zero attached hydrogens (tertiary/aromatic N) is 4. The molecule has 0 bridgehead atoms. The molecule has 3 heterocycles. The first-order valence-corrected chi connectivity index (χ1v) is 8.06. The third-order valence-corrected chi connectivity index (χ3v) is 4.45. The molecule has 0 saturated carbocycles. The Balaban J connectivity index is 1.56. The van der Waals surface area contributed by atoms with Crippen LogP contribution in [-0.4, -0.2) is 37.8 Å². The van der Waals surface area contributed by atoms with Gasteiger partial charge >= 0.3 is 0 Å². The third-order valence-electron chi connectivity index (χ3n) is 4.45. The molecule has 1 fully saturated rings. The summed E-state index contributed by atoms with van der Waals surface area (Å²) in [5.41, 5.74) is 1.32. The van der Waals surface area contributed by atoms with Crippen LogP contribution in [0, 0.1) is 5.82 Å². The normalized spacial score (nSPS) is 17.5. The highest BCUT2D eigenvalue weighted by atomic mass is 19.1. The Bertz CT molecular complexity index is 858. The second-order valence-electron chi connectivity index (χ2n) is 6.08. The van der Waals surface area contributed by atoms with Gasteiger partial charge in [0.2, 0.25) is 5.78 Å². The minimum absolute atomic E-state index is 0.0806. The van der Waals surface area contributed by atoms with Crippen LogP contribution in [0.15, 0.2) is 48.9 Å². The summed E-state index contributed by atoms with van der Waals surface area (Å²) >= 11 is 0. The molecule has 1 aromatic carbocycles. The molecule has 0 spiro atoms. The van der Waals surface area contributed by atoms with Crippen molar-refractivity contribution in [2.75, 3.05) is 6.54 Å². The molecule has 0 unspecified atom stereocenters. The molecular formula is C18H17FN4O. The van der Waals surface area contributed by atoms with Gasteiger partial charge in [-0.15, -0.1) is 0 Å². The summed E-state index contributed by atoms with van der Waals surface area (Å²) in [6.45, 7) is 0.708. The maximum atomic E-state index is 13.4. The van der Waals surface area contributed by atoms with Crippen molar-refractivity contribution in [3.8, 4) is 0 Å². The average molecular weight is 324 g/mol. The lowest BCUT2D eigenvalue weighted by Gasteiger charge is -2.24. The lowest BCUT2D eigenvalue weighted by molar-refractivity contribution is 0.0731. The van der Waals surface area contributed by atoms with Gasteiger partial charge in [-0.25, -0.2) is 14.4 Å². The molecule has 0 radical (unpaired) electrons. The number of benzene rings is 1. The van der Waals surface area contributed by atoms with Crippen LogP contribution in [0.4, 0.5) is 4.39 Å². The number of halogens is 1. The number of carbonyl (C=O) groups is 1. The van der Waals surface area contributed by atoms with Crippen molar-refractivity contribution < 1.29 is 9.18 Å². The fourth-order valence-corrected chi connectivity index (χ4v) is 3.33. The minimum atomic E-state index is -0.241. The molecule has 4 rings (SSSR count). The lowest BCUT2D eigenvalue weighted by Crippen LogP contribution is -2.37. The van der Waals surface area contributed by atoms with E-state index in [1.165, 1.54) is 12.1 Å². The molecule has 1 aliphatic rings. The first kappa shape index (κ1) is 14.8. The number of carbonyl (C=O) groups excluding carboxylic acids is 1. The van der Waals surface area contributed by atoms with Crippen LogP contribution in [0.2, 0.25) is 0 Å². The van der Waals surface area contributed by atoms with E-state index in [1.807, 2.05) is 17.2 Å². The number of fused-ring (bicyclic) bond motifs is 1. The number of amides is 1. The van der Waals surface area contributed by atoms with Crippen LogP contribution >= 0.6 is 0 Å². The van der Waals surface area contributed by atoms with Gasteiger partial charge in [0.05, 0.1) is 0 Å². The predicted molar refractivity (Wildman–Crippen MR) is 87.1 cm³/mol. The number of hydrogen-bond acceptors (Lipinski definition) is 3. The van der Waals surface area contributed by atoms with E-state index in [0.717, 1.165) is 18.4 Å². The zero-order chi connectivity index (χ0) is 16.5. The van der Waals surface area contributed by atoms with Crippen LogP contribution in [0.3, 0.4) is 0 Å². The van der Waals surface area contributed by atoms with Crippen LogP contribution in [0.1, 0.15) is 28.9 Å². The van der Waals surface area contributed by atoms with Gasteiger partial charge in [-0.2, -0.15) is 0 Å².